The van der Waals surface area contributed by atoms with Crippen molar-refractivity contribution in [2.24, 2.45) is 5.92 Å². The van der Waals surface area contributed by atoms with Crippen molar-refractivity contribution in [3.63, 3.8) is 0 Å². The smallest absolute Gasteiger partial charge is 0.309 e. The van der Waals surface area contributed by atoms with Crippen LogP contribution in [0.15, 0.2) is 35.4 Å². The van der Waals surface area contributed by atoms with Gasteiger partial charge in [-0.05, 0) is 38.5 Å². The lowest BCUT2D eigenvalue weighted by Gasteiger charge is -2.24. The summed E-state index contributed by atoms with van der Waals surface area (Å²) in [5.74, 6) is -2.84. The fourth-order valence-electron chi connectivity index (χ4n) is 2.73. The first kappa shape index (κ1) is 20.4. The van der Waals surface area contributed by atoms with Crippen LogP contribution < -0.4 is 0 Å². The molecule has 0 spiro atoms. The van der Waals surface area contributed by atoms with Crippen LogP contribution in [0.2, 0.25) is 0 Å². The van der Waals surface area contributed by atoms with E-state index in [2.05, 4.69) is 0 Å². The molecule has 0 saturated heterocycles. The number of hydrogen-bond acceptors (Lipinski definition) is 6. The Morgan fingerprint density at radius 2 is 1.74 bits per heavy atom. The lowest BCUT2D eigenvalue weighted by molar-refractivity contribution is -0.151. The van der Waals surface area contributed by atoms with Gasteiger partial charge in [0.15, 0.2) is 11.6 Å². The normalized spacial score (nSPS) is 15.5. The number of rotatable bonds is 6. The molecule has 0 bridgehead atoms. The molecule has 2 N–H and O–H groups in total. The zero-order valence-corrected chi connectivity index (χ0v) is 15.9. The summed E-state index contributed by atoms with van der Waals surface area (Å²) < 4.78 is 5.53. The number of phenolic OH excluding ortho intramolecular Hbond substituents is 2. The van der Waals surface area contributed by atoms with Crippen molar-refractivity contribution in [3.8, 4) is 11.5 Å². The summed E-state index contributed by atoms with van der Waals surface area (Å²) >= 11 is 0. The third kappa shape index (κ3) is 4.27. The van der Waals surface area contributed by atoms with Crippen LogP contribution >= 0.6 is 0 Å². The van der Waals surface area contributed by atoms with Gasteiger partial charge in [-0.3, -0.25) is 14.4 Å². The van der Waals surface area contributed by atoms with Gasteiger partial charge in [0.1, 0.15) is 17.6 Å². The van der Waals surface area contributed by atoms with Gasteiger partial charge in [-0.15, -0.1) is 0 Å². The van der Waals surface area contributed by atoms with Gasteiger partial charge in [-0.2, -0.15) is 0 Å². The zero-order chi connectivity index (χ0) is 20.3. The molecule has 0 radical (unpaired) electrons. The molecule has 0 heterocycles. The van der Waals surface area contributed by atoms with Gasteiger partial charge in [0, 0.05) is 12.0 Å². The second kappa shape index (κ2) is 8.20. The number of esters is 1. The molecule has 1 unspecified atom stereocenters. The topological polar surface area (TPSA) is 101 Å². The minimum absolute atomic E-state index is 0.0115. The van der Waals surface area contributed by atoms with E-state index in [1.165, 1.54) is 0 Å². The minimum Gasteiger partial charge on any atom is -0.507 e. The number of phenols is 2. The fourth-order valence-corrected chi connectivity index (χ4v) is 2.73. The Morgan fingerprint density at radius 3 is 2.30 bits per heavy atom. The summed E-state index contributed by atoms with van der Waals surface area (Å²) in [6.07, 6.45) is 2.75. The van der Waals surface area contributed by atoms with Gasteiger partial charge in [-0.25, -0.2) is 0 Å². The van der Waals surface area contributed by atoms with Crippen molar-refractivity contribution in [2.75, 3.05) is 0 Å². The summed E-state index contributed by atoms with van der Waals surface area (Å²) in [5, 5.41) is 20.0. The predicted molar refractivity (Wildman–Crippen MR) is 99.9 cm³/mol. The van der Waals surface area contributed by atoms with Gasteiger partial charge < -0.3 is 14.9 Å². The van der Waals surface area contributed by atoms with Crippen LogP contribution in [0.3, 0.4) is 0 Å². The SMILES string of the molecule is CCC(C)C(=O)O[C@H](CC=C(C)C)C1=CC(=O)c2c(O)ccc(O)c2C1=O. The van der Waals surface area contributed by atoms with Crippen molar-refractivity contribution in [1.29, 1.82) is 0 Å². The number of ether oxygens (including phenoxy) is 1. The van der Waals surface area contributed by atoms with Crippen molar-refractivity contribution >= 4 is 17.5 Å². The third-order valence-electron chi connectivity index (χ3n) is 4.54. The lowest BCUT2D eigenvalue weighted by atomic mass is 9.85. The van der Waals surface area contributed by atoms with Crippen LogP contribution in [0.4, 0.5) is 0 Å². The number of Topliss-reactive ketones (excluding diaryl/α,β-unsaturated/α-hetero) is 1. The number of aromatic hydroxyl groups is 2. The number of benzene rings is 1. The molecule has 0 aromatic heterocycles. The third-order valence-corrected chi connectivity index (χ3v) is 4.54. The Labute approximate surface area is 158 Å². The molecule has 1 aromatic rings. The van der Waals surface area contributed by atoms with E-state index in [-0.39, 0.29) is 34.8 Å². The van der Waals surface area contributed by atoms with Crippen molar-refractivity contribution in [2.45, 2.75) is 46.6 Å². The summed E-state index contributed by atoms with van der Waals surface area (Å²) in [7, 11) is 0. The molecular formula is C21H24O6. The van der Waals surface area contributed by atoms with E-state index in [9.17, 15) is 24.6 Å². The first-order valence-electron chi connectivity index (χ1n) is 8.86. The second-order valence-electron chi connectivity index (χ2n) is 6.90. The number of fused-ring (bicyclic) bond motifs is 1. The van der Waals surface area contributed by atoms with Crippen LogP contribution in [0.1, 0.15) is 61.3 Å². The maximum absolute atomic E-state index is 12.9. The number of carbonyl (C=O) groups excluding carboxylic acids is 3. The predicted octanol–water partition coefficient (Wildman–Crippen LogP) is 3.72. The Bertz CT molecular complexity index is 842. The van der Waals surface area contributed by atoms with Crippen molar-refractivity contribution in [1.82, 2.24) is 0 Å². The van der Waals surface area contributed by atoms with Gasteiger partial charge in [0.25, 0.3) is 0 Å². The van der Waals surface area contributed by atoms with Gasteiger partial charge in [0.2, 0.25) is 0 Å². The summed E-state index contributed by atoms with van der Waals surface area (Å²) in [4.78, 5) is 37.7. The molecule has 0 fully saturated rings. The number of carbonyl (C=O) groups is 3. The molecule has 27 heavy (non-hydrogen) atoms. The molecule has 1 aliphatic rings. The Balaban J connectivity index is 2.48. The minimum atomic E-state index is -0.951. The van der Waals surface area contributed by atoms with E-state index in [1.54, 1.807) is 6.92 Å². The Hall–Kier alpha value is -2.89. The maximum Gasteiger partial charge on any atom is 0.309 e. The molecule has 0 aliphatic heterocycles. The average Bonchev–Trinajstić information content (AvgIpc) is 2.62. The van der Waals surface area contributed by atoms with Crippen molar-refractivity contribution < 1.29 is 29.3 Å². The zero-order valence-electron chi connectivity index (χ0n) is 15.9. The van der Waals surface area contributed by atoms with E-state index < -0.39 is 29.4 Å². The number of allylic oxidation sites excluding steroid dienone is 2. The van der Waals surface area contributed by atoms with Crippen LogP contribution in [0.25, 0.3) is 0 Å². The monoisotopic (exact) mass is 372 g/mol. The first-order valence-corrected chi connectivity index (χ1v) is 8.86. The van der Waals surface area contributed by atoms with Crippen LogP contribution in [0.5, 0.6) is 11.5 Å². The van der Waals surface area contributed by atoms with Crippen molar-refractivity contribution in [3.05, 3.63) is 46.6 Å². The maximum atomic E-state index is 12.9. The molecule has 144 valence electrons. The summed E-state index contributed by atoms with van der Waals surface area (Å²) in [5.41, 5.74) is 0.454. The molecule has 6 heteroatoms. The highest BCUT2D eigenvalue weighted by molar-refractivity contribution is 6.27. The molecule has 1 aromatic carbocycles. The molecule has 0 amide bonds. The summed E-state index contributed by atoms with van der Waals surface area (Å²) in [6, 6.07) is 2.31. The number of hydrogen-bond donors (Lipinski definition) is 2. The van der Waals surface area contributed by atoms with E-state index in [0.29, 0.717) is 6.42 Å². The lowest BCUT2D eigenvalue weighted by Crippen LogP contribution is -2.30. The highest BCUT2D eigenvalue weighted by Crippen LogP contribution is 2.36. The molecule has 6 nitrogen and oxygen atoms in total. The fraction of sp³-hybridized carbons (Fsp3) is 0.381. The number of ketones is 2. The highest BCUT2D eigenvalue weighted by atomic mass is 16.5. The van der Waals surface area contributed by atoms with Gasteiger partial charge in [-0.1, -0.05) is 25.5 Å². The molecule has 0 saturated carbocycles. The standard InChI is InChI=1S/C21H24O6/c1-5-12(4)21(26)27-17(9-6-11(2)3)13-10-16(24)18-14(22)7-8-15(23)19(18)20(13)25/h6-8,10,12,17,22-23H,5,9H2,1-4H3/t12?,17-/m1/s1. The van der Waals surface area contributed by atoms with Crippen LogP contribution in [-0.4, -0.2) is 33.9 Å². The Kier molecular flexibility index (Phi) is 6.20. The van der Waals surface area contributed by atoms with Crippen LogP contribution in [-0.2, 0) is 9.53 Å². The second-order valence-corrected chi connectivity index (χ2v) is 6.90. The van der Waals surface area contributed by atoms with E-state index in [1.807, 2.05) is 26.8 Å². The van der Waals surface area contributed by atoms with Gasteiger partial charge in [0.05, 0.1) is 17.0 Å². The largest absolute Gasteiger partial charge is 0.507 e. The average molecular weight is 372 g/mol. The Morgan fingerprint density at radius 1 is 1.15 bits per heavy atom. The van der Waals surface area contributed by atoms with Gasteiger partial charge >= 0.3 is 5.97 Å². The van der Waals surface area contributed by atoms with E-state index in [4.69, 9.17) is 4.74 Å². The molecule has 1 aliphatic carbocycles. The molecule has 2 rings (SSSR count). The van der Waals surface area contributed by atoms with E-state index in [0.717, 1.165) is 23.8 Å². The summed E-state index contributed by atoms with van der Waals surface area (Å²) in [6.45, 7) is 7.31. The van der Waals surface area contributed by atoms with Crippen LogP contribution in [0, 0.1) is 5.92 Å². The van der Waals surface area contributed by atoms with E-state index >= 15 is 0 Å². The first-order chi connectivity index (χ1) is 12.7. The highest BCUT2D eigenvalue weighted by Gasteiger charge is 2.36. The quantitative estimate of drug-likeness (QED) is 0.448. The molecule has 2 atom stereocenters. The molecular weight excluding hydrogens is 348 g/mol.